The third-order valence-corrected chi connectivity index (χ3v) is 3.19. The van der Waals surface area contributed by atoms with Gasteiger partial charge in [-0.05, 0) is 30.2 Å². The molecule has 2 aromatic rings. The summed E-state index contributed by atoms with van der Waals surface area (Å²) in [5, 5.41) is 12.8. The first-order valence-corrected chi connectivity index (χ1v) is 6.94. The quantitative estimate of drug-likeness (QED) is 0.857. The molecule has 21 heavy (non-hydrogen) atoms. The van der Waals surface area contributed by atoms with Crippen molar-refractivity contribution in [1.29, 1.82) is 0 Å². The van der Waals surface area contributed by atoms with Crippen LogP contribution >= 0.6 is 0 Å². The third-order valence-electron chi connectivity index (χ3n) is 3.19. The highest BCUT2D eigenvalue weighted by Crippen LogP contribution is 2.26. The summed E-state index contributed by atoms with van der Waals surface area (Å²) in [5.41, 5.74) is 1.88. The number of ether oxygens (including phenoxy) is 1. The number of phenols is 1. The molecule has 0 aliphatic rings. The molecule has 0 saturated heterocycles. The topological polar surface area (TPSA) is 63.5 Å². The number of phenolic OH excluding ortho intramolecular Hbond substituents is 1. The van der Waals surface area contributed by atoms with Crippen LogP contribution in [0.15, 0.2) is 41.3 Å². The zero-order valence-corrected chi connectivity index (χ0v) is 12.3. The van der Waals surface area contributed by atoms with Crippen LogP contribution in [0.4, 0.5) is 5.69 Å². The number of aryl methyl sites for hydroxylation is 1. The van der Waals surface area contributed by atoms with E-state index in [1.165, 1.54) is 7.11 Å². The Bertz CT molecular complexity index is 665. The molecule has 1 heterocycles. The maximum absolute atomic E-state index is 11.6. The first kappa shape index (κ1) is 15.0. The number of hydrogen-bond donors (Lipinski definition) is 2. The highest BCUT2D eigenvalue weighted by atomic mass is 16.5. The zero-order valence-electron chi connectivity index (χ0n) is 12.3. The fourth-order valence-electron chi connectivity index (χ4n) is 2.09. The predicted molar refractivity (Wildman–Crippen MR) is 83.0 cm³/mol. The molecular formula is C16H20N2O3. The van der Waals surface area contributed by atoms with Crippen molar-refractivity contribution in [2.24, 2.45) is 0 Å². The number of benzene rings is 1. The SMILES string of the molecule is CCCn1cc(NCc2ccc(O)c(OC)c2)ccc1=O. The molecule has 1 aromatic carbocycles. The molecule has 5 nitrogen and oxygen atoms in total. The largest absolute Gasteiger partial charge is 0.504 e. The van der Waals surface area contributed by atoms with Crippen LogP contribution in [0.5, 0.6) is 11.5 Å². The van der Waals surface area contributed by atoms with Crippen molar-refractivity contribution >= 4 is 5.69 Å². The molecule has 0 spiro atoms. The number of nitrogens with one attached hydrogen (secondary N) is 1. The van der Waals surface area contributed by atoms with E-state index < -0.39 is 0 Å². The van der Waals surface area contributed by atoms with Crippen LogP contribution in [0.25, 0.3) is 0 Å². The van der Waals surface area contributed by atoms with Crippen molar-refractivity contribution in [2.75, 3.05) is 12.4 Å². The lowest BCUT2D eigenvalue weighted by Gasteiger charge is -2.11. The van der Waals surface area contributed by atoms with Gasteiger partial charge in [0.25, 0.3) is 5.56 Å². The van der Waals surface area contributed by atoms with E-state index >= 15 is 0 Å². The van der Waals surface area contributed by atoms with Crippen LogP contribution in [0.3, 0.4) is 0 Å². The van der Waals surface area contributed by atoms with Gasteiger partial charge in [-0.15, -0.1) is 0 Å². The van der Waals surface area contributed by atoms with Gasteiger partial charge in [0.1, 0.15) is 0 Å². The normalized spacial score (nSPS) is 10.4. The van der Waals surface area contributed by atoms with Crippen molar-refractivity contribution in [1.82, 2.24) is 4.57 Å². The lowest BCUT2D eigenvalue weighted by molar-refractivity contribution is 0.373. The molecular weight excluding hydrogens is 268 g/mol. The van der Waals surface area contributed by atoms with Crippen LogP contribution in [-0.2, 0) is 13.1 Å². The van der Waals surface area contributed by atoms with Crippen molar-refractivity contribution in [2.45, 2.75) is 26.4 Å². The second kappa shape index (κ2) is 6.83. The second-order valence-electron chi connectivity index (χ2n) is 4.81. The van der Waals surface area contributed by atoms with Gasteiger partial charge in [-0.1, -0.05) is 13.0 Å². The molecule has 0 saturated carbocycles. The van der Waals surface area contributed by atoms with Crippen molar-refractivity contribution in [3.05, 3.63) is 52.4 Å². The summed E-state index contributed by atoms with van der Waals surface area (Å²) in [7, 11) is 1.52. The van der Waals surface area contributed by atoms with Crippen molar-refractivity contribution < 1.29 is 9.84 Å². The monoisotopic (exact) mass is 288 g/mol. The first-order valence-electron chi connectivity index (χ1n) is 6.94. The van der Waals surface area contributed by atoms with Gasteiger partial charge in [-0.2, -0.15) is 0 Å². The van der Waals surface area contributed by atoms with E-state index in [1.54, 1.807) is 28.8 Å². The van der Waals surface area contributed by atoms with Crippen LogP contribution in [0, 0.1) is 0 Å². The van der Waals surface area contributed by atoms with E-state index in [0.717, 1.165) is 17.7 Å². The van der Waals surface area contributed by atoms with E-state index in [-0.39, 0.29) is 11.3 Å². The van der Waals surface area contributed by atoms with Crippen molar-refractivity contribution in [3.63, 3.8) is 0 Å². The number of pyridine rings is 1. The van der Waals surface area contributed by atoms with Crippen LogP contribution in [0.2, 0.25) is 0 Å². The van der Waals surface area contributed by atoms with Gasteiger partial charge in [-0.25, -0.2) is 0 Å². The first-order chi connectivity index (χ1) is 10.1. The van der Waals surface area contributed by atoms with E-state index in [1.807, 2.05) is 19.2 Å². The number of rotatable bonds is 6. The summed E-state index contributed by atoms with van der Waals surface area (Å²) in [4.78, 5) is 11.6. The zero-order chi connectivity index (χ0) is 15.2. The number of nitrogens with zero attached hydrogens (tertiary/aromatic N) is 1. The summed E-state index contributed by atoms with van der Waals surface area (Å²) in [6, 6.07) is 8.55. The summed E-state index contributed by atoms with van der Waals surface area (Å²) < 4.78 is 6.78. The molecule has 0 aliphatic carbocycles. The molecule has 0 amide bonds. The fourth-order valence-corrected chi connectivity index (χ4v) is 2.09. The minimum atomic E-state index is 0.00806. The molecule has 5 heteroatoms. The standard InChI is InChI=1S/C16H20N2O3/c1-3-8-18-11-13(5-7-16(18)20)17-10-12-4-6-14(19)15(9-12)21-2/h4-7,9,11,17,19H,3,8,10H2,1-2H3. The maximum atomic E-state index is 11.6. The molecule has 112 valence electrons. The molecule has 0 radical (unpaired) electrons. The molecule has 0 atom stereocenters. The fraction of sp³-hybridized carbons (Fsp3) is 0.312. The Hall–Kier alpha value is -2.43. The van der Waals surface area contributed by atoms with Gasteiger partial charge in [-0.3, -0.25) is 4.79 Å². The molecule has 1 aromatic heterocycles. The summed E-state index contributed by atoms with van der Waals surface area (Å²) in [6.07, 6.45) is 2.74. The Balaban J connectivity index is 2.09. The Kier molecular flexibility index (Phi) is 4.87. The maximum Gasteiger partial charge on any atom is 0.250 e. The van der Waals surface area contributed by atoms with Crippen molar-refractivity contribution in [3.8, 4) is 11.5 Å². The summed E-state index contributed by atoms with van der Waals surface area (Å²) in [6.45, 7) is 3.33. The van der Waals surface area contributed by atoms with E-state index in [0.29, 0.717) is 18.8 Å². The second-order valence-corrected chi connectivity index (χ2v) is 4.81. The summed E-state index contributed by atoms with van der Waals surface area (Å²) >= 11 is 0. The molecule has 0 fully saturated rings. The highest BCUT2D eigenvalue weighted by Gasteiger charge is 2.03. The Labute approximate surface area is 123 Å². The average molecular weight is 288 g/mol. The van der Waals surface area contributed by atoms with Gasteiger partial charge in [0.05, 0.1) is 12.8 Å². The van der Waals surface area contributed by atoms with Crippen LogP contribution in [-0.4, -0.2) is 16.8 Å². The highest BCUT2D eigenvalue weighted by molar-refractivity contribution is 5.45. The number of hydrogen-bond acceptors (Lipinski definition) is 4. The van der Waals surface area contributed by atoms with Gasteiger partial charge in [0.15, 0.2) is 11.5 Å². The predicted octanol–water partition coefficient (Wildman–Crippen LogP) is 2.58. The molecule has 0 aliphatic heterocycles. The van der Waals surface area contributed by atoms with Crippen LogP contribution in [0.1, 0.15) is 18.9 Å². The molecule has 2 N–H and O–H groups in total. The lowest BCUT2D eigenvalue weighted by Crippen LogP contribution is -2.18. The molecule has 0 bridgehead atoms. The minimum Gasteiger partial charge on any atom is -0.504 e. The Morgan fingerprint density at radius 3 is 2.81 bits per heavy atom. The minimum absolute atomic E-state index is 0.00806. The average Bonchev–Trinajstić information content (AvgIpc) is 2.49. The smallest absolute Gasteiger partial charge is 0.250 e. The van der Waals surface area contributed by atoms with Gasteiger partial charge < -0.3 is 19.7 Å². The van der Waals surface area contributed by atoms with Gasteiger partial charge >= 0.3 is 0 Å². The Morgan fingerprint density at radius 2 is 2.10 bits per heavy atom. The number of aromatic nitrogens is 1. The number of anilines is 1. The molecule has 0 unspecified atom stereocenters. The number of methoxy groups -OCH3 is 1. The summed E-state index contributed by atoms with van der Waals surface area (Å²) in [5.74, 6) is 0.572. The van der Waals surface area contributed by atoms with E-state index in [2.05, 4.69) is 5.32 Å². The third kappa shape index (κ3) is 3.78. The van der Waals surface area contributed by atoms with E-state index in [9.17, 15) is 9.90 Å². The van der Waals surface area contributed by atoms with Crippen LogP contribution < -0.4 is 15.6 Å². The molecule has 2 rings (SSSR count). The van der Waals surface area contributed by atoms with Gasteiger partial charge in [0.2, 0.25) is 0 Å². The number of aromatic hydroxyl groups is 1. The Morgan fingerprint density at radius 1 is 1.29 bits per heavy atom. The lowest BCUT2D eigenvalue weighted by atomic mass is 10.2. The van der Waals surface area contributed by atoms with E-state index in [4.69, 9.17) is 4.74 Å². The van der Waals surface area contributed by atoms with Gasteiger partial charge in [0, 0.05) is 25.4 Å².